The third-order valence-corrected chi connectivity index (χ3v) is 14.3. The number of rotatable bonds is 10. The van der Waals surface area contributed by atoms with Crippen LogP contribution in [-0.2, 0) is 21.7 Å². The predicted octanol–water partition coefficient (Wildman–Crippen LogP) is 20.8. The topological polar surface area (TPSA) is 9.72 Å². The van der Waals surface area contributed by atoms with Gasteiger partial charge in [0.15, 0.2) is 0 Å². The summed E-state index contributed by atoms with van der Waals surface area (Å²) in [4.78, 5) is 7.14. The smallest absolute Gasteiger partial charge is 0.0888 e. The third kappa shape index (κ3) is 10.3. The van der Waals surface area contributed by atoms with E-state index >= 15 is 0 Å². The summed E-state index contributed by atoms with van der Waals surface area (Å²) < 4.78 is 0. The maximum absolute atomic E-state index is 8.30. The molecule has 0 aromatic heterocycles. The molecule has 0 unspecified atom stereocenters. The van der Waals surface area contributed by atoms with E-state index in [9.17, 15) is 0 Å². The molecule has 4 heteroatoms. The molecular weight excluding hydrogens is 894 g/mol. The minimum absolute atomic E-state index is 0.0286. The highest BCUT2D eigenvalue weighted by Crippen LogP contribution is 2.53. The van der Waals surface area contributed by atoms with Crippen molar-refractivity contribution in [2.75, 3.05) is 14.7 Å². The molecule has 0 atom stereocenters. The van der Waals surface area contributed by atoms with Gasteiger partial charge in [-0.25, -0.2) is 0 Å². The fourth-order valence-electron chi connectivity index (χ4n) is 9.67. The second-order valence-corrected chi connectivity index (χ2v) is 23.8. The minimum atomic E-state index is -0.0286. The molecule has 9 aromatic carbocycles. The number of anilines is 9. The largest absolute Gasteiger partial charge is 0.309 e. The standard InChI is InChI=1S/C68H70ClN3/c1-65(2,3)49-29-37-53(38-30-49)70(54-39-31-50(32-40-54)66(4,5)6)62-45-57(72(61-28-20-24-48-23-16-17-25-59(48)61)60-27-19-18-26-58(60)47-21-14-13-15-22-47)46-63(64(62)69)71(55-41-33-51(34-42-55)67(7,8)9)56-43-35-52(36-44-56)68(10,11)12/h13-46H,1-12H3. The summed E-state index contributed by atoms with van der Waals surface area (Å²) in [7, 11) is 0. The lowest BCUT2D eigenvalue weighted by atomic mass is 9.86. The lowest BCUT2D eigenvalue weighted by Crippen LogP contribution is -2.19. The lowest BCUT2D eigenvalue weighted by molar-refractivity contribution is 0.590. The Labute approximate surface area is 435 Å². The number of benzene rings is 9. The van der Waals surface area contributed by atoms with Crippen LogP contribution in [0.25, 0.3) is 21.9 Å². The molecule has 0 fully saturated rings. The molecule has 0 bridgehead atoms. The van der Waals surface area contributed by atoms with Crippen LogP contribution in [0.3, 0.4) is 0 Å². The van der Waals surface area contributed by atoms with E-state index in [-0.39, 0.29) is 21.7 Å². The minimum Gasteiger partial charge on any atom is -0.309 e. The van der Waals surface area contributed by atoms with Crippen molar-refractivity contribution in [2.45, 2.75) is 105 Å². The maximum atomic E-state index is 8.30. The average Bonchev–Trinajstić information content (AvgIpc) is 3.35. The Bertz CT molecular complexity index is 3050. The molecule has 9 aromatic rings. The monoisotopic (exact) mass is 964 g/mol. The molecule has 3 nitrogen and oxygen atoms in total. The van der Waals surface area contributed by atoms with E-state index in [4.69, 9.17) is 11.6 Å². The first kappa shape index (κ1) is 49.9. The van der Waals surface area contributed by atoms with E-state index in [0.717, 1.165) is 73.1 Å². The second-order valence-electron chi connectivity index (χ2n) is 23.4. The van der Waals surface area contributed by atoms with Crippen molar-refractivity contribution in [3.8, 4) is 11.1 Å². The van der Waals surface area contributed by atoms with E-state index in [1.165, 1.54) is 22.3 Å². The summed E-state index contributed by atoms with van der Waals surface area (Å²) in [6, 6.07) is 75.6. The zero-order chi connectivity index (χ0) is 51.2. The molecule has 0 aliphatic carbocycles. The van der Waals surface area contributed by atoms with E-state index in [2.05, 4.69) is 304 Å². The molecule has 0 saturated heterocycles. The van der Waals surface area contributed by atoms with Crippen LogP contribution in [0.4, 0.5) is 51.2 Å². The van der Waals surface area contributed by atoms with Gasteiger partial charge in [-0.15, -0.1) is 0 Å². The fourth-order valence-corrected chi connectivity index (χ4v) is 9.95. The number of halogens is 1. The van der Waals surface area contributed by atoms with Crippen LogP contribution in [0.2, 0.25) is 5.02 Å². The summed E-state index contributed by atoms with van der Waals surface area (Å²) in [6.45, 7) is 27.2. The molecule has 0 radical (unpaired) electrons. The first-order valence-electron chi connectivity index (χ1n) is 25.5. The SMILES string of the molecule is CC(C)(C)c1ccc(N(c2ccc(C(C)(C)C)cc2)c2cc(N(c3ccccc3-c3ccccc3)c3cccc4ccccc34)cc(N(c3ccc(C(C)(C)C)cc3)c3ccc(C(C)(C)C)cc3)c2Cl)cc1. The molecule has 9 rings (SSSR count). The predicted molar refractivity (Wildman–Crippen MR) is 313 cm³/mol. The molecule has 0 aliphatic heterocycles. The van der Waals surface area contributed by atoms with Gasteiger partial charge < -0.3 is 14.7 Å². The van der Waals surface area contributed by atoms with Crippen molar-refractivity contribution in [2.24, 2.45) is 0 Å². The van der Waals surface area contributed by atoms with Crippen molar-refractivity contribution in [1.29, 1.82) is 0 Å². The Kier molecular flexibility index (Phi) is 13.5. The zero-order valence-electron chi connectivity index (χ0n) is 44.3. The quantitative estimate of drug-likeness (QED) is 0.135. The van der Waals surface area contributed by atoms with E-state index in [1.807, 2.05) is 0 Å². The van der Waals surface area contributed by atoms with E-state index in [0.29, 0.717) is 5.02 Å². The maximum Gasteiger partial charge on any atom is 0.0888 e. The van der Waals surface area contributed by atoms with Gasteiger partial charge in [-0.1, -0.05) is 228 Å². The fraction of sp³-hybridized carbons (Fsp3) is 0.235. The van der Waals surface area contributed by atoms with Crippen molar-refractivity contribution in [3.05, 3.63) is 234 Å². The zero-order valence-corrected chi connectivity index (χ0v) is 45.1. The third-order valence-electron chi connectivity index (χ3n) is 14.0. The number of nitrogens with zero attached hydrogens (tertiary/aromatic N) is 3. The Morgan fingerprint density at radius 1 is 0.292 bits per heavy atom. The number of para-hydroxylation sites is 1. The number of hydrogen-bond donors (Lipinski definition) is 0. The van der Waals surface area contributed by atoms with Gasteiger partial charge in [0, 0.05) is 33.7 Å². The lowest BCUT2D eigenvalue weighted by Gasteiger charge is -2.35. The Balaban J connectivity index is 1.42. The van der Waals surface area contributed by atoms with Crippen LogP contribution in [-0.4, -0.2) is 0 Å². The van der Waals surface area contributed by atoms with Crippen LogP contribution in [0.1, 0.15) is 105 Å². The summed E-state index contributed by atoms with van der Waals surface area (Å²) in [5.74, 6) is 0. The summed E-state index contributed by atoms with van der Waals surface area (Å²) in [5, 5.41) is 2.92. The van der Waals surface area contributed by atoms with Gasteiger partial charge in [-0.05, 0) is 128 Å². The van der Waals surface area contributed by atoms with Gasteiger partial charge in [0.2, 0.25) is 0 Å². The first-order chi connectivity index (χ1) is 34.2. The average molecular weight is 965 g/mol. The van der Waals surface area contributed by atoms with Crippen LogP contribution in [0.5, 0.6) is 0 Å². The Morgan fingerprint density at radius 2 is 0.639 bits per heavy atom. The highest BCUT2D eigenvalue weighted by Gasteiger charge is 2.29. The van der Waals surface area contributed by atoms with Crippen molar-refractivity contribution in [3.63, 3.8) is 0 Å². The van der Waals surface area contributed by atoms with E-state index in [1.54, 1.807) is 0 Å². The van der Waals surface area contributed by atoms with Gasteiger partial charge in [-0.2, -0.15) is 0 Å². The molecule has 0 amide bonds. The number of fused-ring (bicyclic) bond motifs is 1. The molecule has 0 saturated carbocycles. The van der Waals surface area contributed by atoms with Gasteiger partial charge in [0.05, 0.1) is 33.5 Å². The van der Waals surface area contributed by atoms with Crippen LogP contribution < -0.4 is 14.7 Å². The molecule has 0 spiro atoms. The van der Waals surface area contributed by atoms with Crippen molar-refractivity contribution < 1.29 is 0 Å². The Hall–Kier alpha value is -7.07. The van der Waals surface area contributed by atoms with Gasteiger partial charge in [0.1, 0.15) is 0 Å². The van der Waals surface area contributed by atoms with Crippen molar-refractivity contribution >= 4 is 73.6 Å². The molecule has 72 heavy (non-hydrogen) atoms. The highest BCUT2D eigenvalue weighted by molar-refractivity contribution is 6.37. The van der Waals surface area contributed by atoms with E-state index < -0.39 is 0 Å². The molecule has 0 aliphatic rings. The highest BCUT2D eigenvalue weighted by atomic mass is 35.5. The Morgan fingerprint density at radius 3 is 1.06 bits per heavy atom. The molecule has 0 N–H and O–H groups in total. The summed E-state index contributed by atoms with van der Waals surface area (Å²) in [6.07, 6.45) is 0. The van der Waals surface area contributed by atoms with Crippen molar-refractivity contribution in [1.82, 2.24) is 0 Å². The normalized spacial score (nSPS) is 12.2. The molecule has 364 valence electrons. The van der Waals surface area contributed by atoms with Gasteiger partial charge in [0.25, 0.3) is 0 Å². The number of hydrogen-bond acceptors (Lipinski definition) is 3. The van der Waals surface area contributed by atoms with Gasteiger partial charge >= 0.3 is 0 Å². The van der Waals surface area contributed by atoms with Crippen LogP contribution in [0.15, 0.2) is 206 Å². The van der Waals surface area contributed by atoms with Crippen LogP contribution in [0, 0.1) is 0 Å². The molecular formula is C68H70ClN3. The summed E-state index contributed by atoms with van der Waals surface area (Å²) in [5.41, 5.74) is 16.0. The van der Waals surface area contributed by atoms with Gasteiger partial charge in [-0.3, -0.25) is 0 Å². The summed E-state index contributed by atoms with van der Waals surface area (Å²) >= 11 is 8.30. The first-order valence-corrected chi connectivity index (χ1v) is 25.8. The second kappa shape index (κ2) is 19.5. The molecule has 0 heterocycles. The van der Waals surface area contributed by atoms with Crippen LogP contribution >= 0.6 is 11.6 Å².